The van der Waals surface area contributed by atoms with Crippen LogP contribution in [0.2, 0.25) is 0 Å². The molecule has 2 rings (SSSR count). The summed E-state index contributed by atoms with van der Waals surface area (Å²) in [7, 11) is 0. The molecule has 0 radical (unpaired) electrons. The third kappa shape index (κ3) is 3.22. The number of nitrogens with two attached hydrogens (primary N) is 1. The van der Waals surface area contributed by atoms with Gasteiger partial charge in [0, 0.05) is 5.56 Å². The van der Waals surface area contributed by atoms with E-state index in [0.29, 0.717) is 5.56 Å². The predicted octanol–water partition coefficient (Wildman–Crippen LogP) is 4.04. The maximum Gasteiger partial charge on any atom is 0.186 e. The Balaban J connectivity index is 2.32. The molecule has 0 spiro atoms. The van der Waals surface area contributed by atoms with Crippen LogP contribution >= 0.6 is 0 Å². The quantitative estimate of drug-likeness (QED) is 0.863. The Morgan fingerprint density at radius 1 is 0.810 bits per heavy atom. The van der Waals surface area contributed by atoms with Crippen LogP contribution in [0.15, 0.2) is 54.6 Å². The molecule has 0 saturated heterocycles. The highest BCUT2D eigenvalue weighted by atomic mass is 16.1. The van der Waals surface area contributed by atoms with Gasteiger partial charge in [0.05, 0.1) is 0 Å². The standard InChI is InChI=1S/C19H23NO/c1-18(2,3)15-12-10-14(11-13-15)17(21)19(4,20)16-8-6-5-7-9-16/h5-13H,20H2,1-4H3. The molecule has 2 aromatic carbocycles. The third-order valence-electron chi connectivity index (χ3n) is 3.86. The van der Waals surface area contributed by atoms with E-state index in [9.17, 15) is 4.79 Å². The lowest BCUT2D eigenvalue weighted by Crippen LogP contribution is -2.41. The van der Waals surface area contributed by atoms with Crippen LogP contribution in [0.4, 0.5) is 0 Å². The minimum Gasteiger partial charge on any atom is -0.315 e. The molecule has 0 saturated carbocycles. The lowest BCUT2D eigenvalue weighted by molar-refractivity contribution is 0.0900. The van der Waals surface area contributed by atoms with E-state index in [2.05, 4.69) is 20.8 Å². The molecule has 0 fully saturated rings. The van der Waals surface area contributed by atoms with Crippen molar-refractivity contribution < 1.29 is 4.79 Å². The Kier molecular flexibility index (Phi) is 4.02. The lowest BCUT2D eigenvalue weighted by atomic mass is 9.83. The Morgan fingerprint density at radius 3 is 1.81 bits per heavy atom. The molecule has 0 aromatic heterocycles. The topological polar surface area (TPSA) is 43.1 Å². The van der Waals surface area contributed by atoms with E-state index in [4.69, 9.17) is 5.73 Å². The first-order valence-electron chi connectivity index (χ1n) is 7.22. The van der Waals surface area contributed by atoms with Crippen molar-refractivity contribution in [3.63, 3.8) is 0 Å². The molecule has 1 unspecified atom stereocenters. The van der Waals surface area contributed by atoms with Gasteiger partial charge in [0.15, 0.2) is 5.78 Å². The Hall–Kier alpha value is -1.93. The first-order chi connectivity index (χ1) is 9.73. The number of ketones is 1. The summed E-state index contributed by atoms with van der Waals surface area (Å²) in [5, 5.41) is 0. The second kappa shape index (κ2) is 5.45. The molecule has 2 N–H and O–H groups in total. The number of Topliss-reactive ketones (excluding diaryl/α,β-unsaturated/α-hetero) is 1. The van der Waals surface area contributed by atoms with Crippen LogP contribution in [-0.2, 0) is 11.0 Å². The molecule has 2 heteroatoms. The number of hydrogen-bond donors (Lipinski definition) is 1. The van der Waals surface area contributed by atoms with Gasteiger partial charge in [-0.2, -0.15) is 0 Å². The fourth-order valence-corrected chi connectivity index (χ4v) is 2.34. The van der Waals surface area contributed by atoms with Crippen molar-refractivity contribution in [3.05, 3.63) is 71.3 Å². The van der Waals surface area contributed by atoms with E-state index in [1.165, 1.54) is 5.56 Å². The van der Waals surface area contributed by atoms with Crippen LogP contribution in [-0.4, -0.2) is 5.78 Å². The molecule has 2 aromatic rings. The highest BCUT2D eigenvalue weighted by Crippen LogP contribution is 2.26. The van der Waals surface area contributed by atoms with Crippen LogP contribution in [0.1, 0.15) is 49.2 Å². The van der Waals surface area contributed by atoms with E-state index in [0.717, 1.165) is 5.56 Å². The zero-order chi connectivity index (χ0) is 15.7. The predicted molar refractivity (Wildman–Crippen MR) is 87.5 cm³/mol. The molecular weight excluding hydrogens is 258 g/mol. The largest absolute Gasteiger partial charge is 0.315 e. The second-order valence-electron chi connectivity index (χ2n) is 6.72. The van der Waals surface area contributed by atoms with Crippen molar-refractivity contribution in [1.82, 2.24) is 0 Å². The number of carbonyl (C=O) groups is 1. The van der Waals surface area contributed by atoms with E-state index in [1.807, 2.05) is 54.6 Å². The molecule has 0 amide bonds. The van der Waals surface area contributed by atoms with Gasteiger partial charge >= 0.3 is 0 Å². The Bertz CT molecular complexity index is 619. The molecule has 0 heterocycles. The van der Waals surface area contributed by atoms with Gasteiger partial charge in [0.25, 0.3) is 0 Å². The van der Waals surface area contributed by atoms with Crippen molar-refractivity contribution in [3.8, 4) is 0 Å². The molecule has 0 aliphatic rings. The van der Waals surface area contributed by atoms with Crippen LogP contribution in [0.5, 0.6) is 0 Å². The summed E-state index contributed by atoms with van der Waals surface area (Å²) in [4.78, 5) is 12.7. The van der Waals surface area contributed by atoms with E-state index >= 15 is 0 Å². The van der Waals surface area contributed by atoms with Gasteiger partial charge < -0.3 is 5.73 Å². The third-order valence-corrected chi connectivity index (χ3v) is 3.86. The first kappa shape index (κ1) is 15.5. The fourth-order valence-electron chi connectivity index (χ4n) is 2.34. The summed E-state index contributed by atoms with van der Waals surface area (Å²) in [5.41, 5.74) is 8.04. The van der Waals surface area contributed by atoms with Gasteiger partial charge in [-0.15, -0.1) is 0 Å². The average Bonchev–Trinajstić information content (AvgIpc) is 2.46. The number of rotatable bonds is 3. The molecule has 21 heavy (non-hydrogen) atoms. The van der Waals surface area contributed by atoms with Gasteiger partial charge in [0.1, 0.15) is 5.54 Å². The summed E-state index contributed by atoms with van der Waals surface area (Å²) < 4.78 is 0. The van der Waals surface area contributed by atoms with Crippen molar-refractivity contribution in [2.45, 2.75) is 38.6 Å². The van der Waals surface area contributed by atoms with Crippen LogP contribution < -0.4 is 5.73 Å². The van der Waals surface area contributed by atoms with Crippen molar-refractivity contribution in [1.29, 1.82) is 0 Å². The van der Waals surface area contributed by atoms with Gasteiger partial charge in [0.2, 0.25) is 0 Å². The monoisotopic (exact) mass is 281 g/mol. The summed E-state index contributed by atoms with van der Waals surface area (Å²) in [6.07, 6.45) is 0. The molecule has 1 atom stereocenters. The smallest absolute Gasteiger partial charge is 0.186 e. The molecular formula is C19H23NO. The minimum atomic E-state index is -1.01. The van der Waals surface area contributed by atoms with Crippen molar-refractivity contribution >= 4 is 5.78 Å². The SMILES string of the molecule is CC(C)(C)c1ccc(C(=O)C(C)(N)c2ccccc2)cc1. The maximum absolute atomic E-state index is 12.7. The van der Waals surface area contributed by atoms with Crippen LogP contribution in [0.25, 0.3) is 0 Å². The van der Waals surface area contributed by atoms with Gasteiger partial charge in [-0.1, -0.05) is 75.4 Å². The van der Waals surface area contributed by atoms with Crippen LogP contribution in [0, 0.1) is 0 Å². The Morgan fingerprint density at radius 2 is 1.33 bits per heavy atom. The summed E-state index contributed by atoms with van der Waals surface area (Å²) >= 11 is 0. The molecule has 0 aliphatic heterocycles. The first-order valence-corrected chi connectivity index (χ1v) is 7.22. The summed E-state index contributed by atoms with van der Waals surface area (Å²) in [6, 6.07) is 17.3. The van der Waals surface area contributed by atoms with Crippen molar-refractivity contribution in [2.75, 3.05) is 0 Å². The molecule has 0 bridgehead atoms. The lowest BCUT2D eigenvalue weighted by Gasteiger charge is -2.24. The minimum absolute atomic E-state index is 0.0610. The zero-order valence-electron chi connectivity index (χ0n) is 13.2. The number of benzene rings is 2. The number of carbonyl (C=O) groups excluding carboxylic acids is 1. The highest BCUT2D eigenvalue weighted by molar-refractivity contribution is 6.03. The normalized spacial score (nSPS) is 14.5. The van der Waals surface area contributed by atoms with Gasteiger partial charge in [-0.3, -0.25) is 4.79 Å². The summed E-state index contributed by atoms with van der Waals surface area (Å²) in [6.45, 7) is 8.23. The van der Waals surface area contributed by atoms with Crippen LogP contribution in [0.3, 0.4) is 0 Å². The molecule has 2 nitrogen and oxygen atoms in total. The van der Waals surface area contributed by atoms with Crippen molar-refractivity contribution in [2.24, 2.45) is 5.73 Å². The van der Waals surface area contributed by atoms with Gasteiger partial charge in [-0.25, -0.2) is 0 Å². The zero-order valence-corrected chi connectivity index (χ0v) is 13.2. The fraction of sp³-hybridized carbons (Fsp3) is 0.316. The van der Waals surface area contributed by atoms with E-state index in [-0.39, 0.29) is 11.2 Å². The van der Waals surface area contributed by atoms with E-state index < -0.39 is 5.54 Å². The highest BCUT2D eigenvalue weighted by Gasteiger charge is 2.31. The van der Waals surface area contributed by atoms with Gasteiger partial charge in [-0.05, 0) is 23.5 Å². The van der Waals surface area contributed by atoms with E-state index in [1.54, 1.807) is 6.92 Å². The summed E-state index contributed by atoms with van der Waals surface area (Å²) in [5.74, 6) is -0.0610. The Labute approximate surface area is 127 Å². The molecule has 0 aliphatic carbocycles. The molecule has 110 valence electrons. The second-order valence-corrected chi connectivity index (χ2v) is 6.72. The number of hydrogen-bond acceptors (Lipinski definition) is 2. The average molecular weight is 281 g/mol. The maximum atomic E-state index is 12.7.